The minimum Gasteiger partial charge on any atom is -0.467 e. The van der Waals surface area contributed by atoms with E-state index in [1.54, 1.807) is 43.6 Å². The third kappa shape index (κ3) is 3.43. The molecule has 6 heteroatoms. The minimum absolute atomic E-state index is 0.291. The molecule has 0 aliphatic heterocycles. The Morgan fingerprint density at radius 1 is 1.32 bits per heavy atom. The lowest BCUT2D eigenvalue weighted by molar-refractivity contribution is 0.217. The normalized spacial score (nSPS) is 10.3. The molecule has 0 aliphatic carbocycles. The van der Waals surface area contributed by atoms with Gasteiger partial charge in [0.25, 0.3) is 0 Å². The number of carbonyl (C=O) groups is 1. The van der Waals surface area contributed by atoms with E-state index in [4.69, 9.17) is 27.6 Å². The number of nitrogens with one attached hydrogen (secondary N) is 1. The summed E-state index contributed by atoms with van der Waals surface area (Å²) < 4.78 is 5.18. The van der Waals surface area contributed by atoms with Crippen molar-refractivity contribution < 1.29 is 9.21 Å². The number of benzene rings is 1. The molecule has 0 fully saturated rings. The third-order valence-corrected chi connectivity index (χ3v) is 3.33. The first-order valence-electron chi connectivity index (χ1n) is 5.56. The van der Waals surface area contributed by atoms with Gasteiger partial charge >= 0.3 is 6.03 Å². The largest absolute Gasteiger partial charge is 0.467 e. The predicted octanol–water partition coefficient (Wildman–Crippen LogP) is 4.25. The molecule has 1 aromatic carbocycles. The van der Waals surface area contributed by atoms with Crippen molar-refractivity contribution >= 4 is 34.9 Å². The molecule has 4 nitrogen and oxygen atoms in total. The summed E-state index contributed by atoms with van der Waals surface area (Å²) in [4.78, 5) is 13.5. The Balaban J connectivity index is 2.02. The minimum atomic E-state index is -0.291. The summed E-state index contributed by atoms with van der Waals surface area (Å²) in [5.74, 6) is 0.704. The first-order valence-corrected chi connectivity index (χ1v) is 6.32. The number of anilines is 1. The van der Waals surface area contributed by atoms with Crippen LogP contribution in [0, 0.1) is 0 Å². The maximum Gasteiger partial charge on any atom is 0.322 e. The first kappa shape index (κ1) is 13.8. The zero-order valence-corrected chi connectivity index (χ0v) is 11.7. The van der Waals surface area contributed by atoms with Gasteiger partial charge in [0.15, 0.2) is 0 Å². The van der Waals surface area contributed by atoms with Crippen molar-refractivity contribution in [3.8, 4) is 0 Å². The van der Waals surface area contributed by atoms with Gasteiger partial charge in [-0.3, -0.25) is 0 Å². The lowest BCUT2D eigenvalue weighted by Crippen LogP contribution is -2.30. The SMILES string of the molecule is CN(Cc1ccco1)C(=O)Nc1cccc(Cl)c1Cl. The maximum atomic E-state index is 12.0. The van der Waals surface area contributed by atoms with Crippen LogP contribution in [0.15, 0.2) is 41.0 Å². The molecule has 0 saturated heterocycles. The van der Waals surface area contributed by atoms with Crippen molar-refractivity contribution in [2.75, 3.05) is 12.4 Å². The Labute approximate surface area is 120 Å². The Morgan fingerprint density at radius 3 is 2.79 bits per heavy atom. The topological polar surface area (TPSA) is 45.5 Å². The van der Waals surface area contributed by atoms with E-state index in [0.29, 0.717) is 28.0 Å². The van der Waals surface area contributed by atoms with Gasteiger partial charge in [-0.15, -0.1) is 0 Å². The molecule has 1 heterocycles. The van der Waals surface area contributed by atoms with Gasteiger partial charge in [0, 0.05) is 7.05 Å². The van der Waals surface area contributed by atoms with E-state index >= 15 is 0 Å². The second kappa shape index (κ2) is 5.99. The molecule has 1 aromatic heterocycles. The van der Waals surface area contributed by atoms with Crippen LogP contribution >= 0.6 is 23.2 Å². The molecular formula is C13H12Cl2N2O2. The Morgan fingerprint density at radius 2 is 2.11 bits per heavy atom. The number of hydrogen-bond acceptors (Lipinski definition) is 2. The molecule has 0 unspecified atom stereocenters. The Kier molecular flexibility index (Phi) is 4.35. The third-order valence-electron chi connectivity index (χ3n) is 2.51. The standard InChI is InChI=1S/C13H12Cl2N2O2/c1-17(8-9-4-3-7-19-9)13(18)16-11-6-2-5-10(14)12(11)15/h2-7H,8H2,1H3,(H,16,18). The van der Waals surface area contributed by atoms with E-state index < -0.39 is 0 Å². The van der Waals surface area contributed by atoms with Crippen LogP contribution in [-0.4, -0.2) is 18.0 Å². The second-order valence-corrected chi connectivity index (χ2v) is 4.75. The van der Waals surface area contributed by atoms with Crippen molar-refractivity contribution in [3.63, 3.8) is 0 Å². The van der Waals surface area contributed by atoms with Gasteiger partial charge in [-0.05, 0) is 24.3 Å². The fourth-order valence-corrected chi connectivity index (χ4v) is 1.87. The quantitative estimate of drug-likeness (QED) is 0.920. The fourth-order valence-electron chi connectivity index (χ4n) is 1.52. The lowest BCUT2D eigenvalue weighted by Gasteiger charge is -2.17. The Bertz CT molecular complexity index is 570. The van der Waals surface area contributed by atoms with Gasteiger partial charge in [0.1, 0.15) is 5.76 Å². The molecule has 0 bridgehead atoms. The van der Waals surface area contributed by atoms with E-state index in [1.165, 1.54) is 4.90 Å². The molecule has 0 radical (unpaired) electrons. The summed E-state index contributed by atoms with van der Waals surface area (Å²) in [6, 6.07) is 8.35. The molecule has 0 saturated carbocycles. The number of nitrogens with zero attached hydrogens (tertiary/aromatic N) is 1. The van der Waals surface area contributed by atoms with Crippen LogP contribution in [0.5, 0.6) is 0 Å². The molecule has 2 aromatic rings. The molecular weight excluding hydrogens is 287 g/mol. The molecule has 1 N–H and O–H groups in total. The lowest BCUT2D eigenvalue weighted by atomic mass is 10.3. The van der Waals surface area contributed by atoms with Crippen LogP contribution in [0.1, 0.15) is 5.76 Å². The highest BCUT2D eigenvalue weighted by atomic mass is 35.5. The van der Waals surface area contributed by atoms with E-state index in [1.807, 2.05) is 0 Å². The second-order valence-electron chi connectivity index (χ2n) is 3.97. The number of furan rings is 1. The summed E-state index contributed by atoms with van der Waals surface area (Å²) in [5, 5.41) is 3.41. The van der Waals surface area contributed by atoms with Gasteiger partial charge in [0.2, 0.25) is 0 Å². The summed E-state index contributed by atoms with van der Waals surface area (Å²) in [7, 11) is 1.66. The van der Waals surface area contributed by atoms with Crippen LogP contribution in [0.4, 0.5) is 10.5 Å². The molecule has 2 amide bonds. The molecule has 0 atom stereocenters. The van der Waals surface area contributed by atoms with Crippen LogP contribution < -0.4 is 5.32 Å². The molecule has 0 spiro atoms. The van der Waals surface area contributed by atoms with E-state index in [9.17, 15) is 4.79 Å². The van der Waals surface area contributed by atoms with Gasteiger partial charge in [-0.2, -0.15) is 0 Å². The maximum absolute atomic E-state index is 12.0. The molecule has 100 valence electrons. The van der Waals surface area contributed by atoms with Crippen LogP contribution in [0.3, 0.4) is 0 Å². The smallest absolute Gasteiger partial charge is 0.322 e. The van der Waals surface area contributed by atoms with Gasteiger partial charge in [-0.25, -0.2) is 4.79 Å². The van der Waals surface area contributed by atoms with Gasteiger partial charge in [-0.1, -0.05) is 29.3 Å². The van der Waals surface area contributed by atoms with Crippen molar-refractivity contribution in [2.24, 2.45) is 0 Å². The summed E-state index contributed by atoms with van der Waals surface area (Å²) in [6.07, 6.45) is 1.56. The van der Waals surface area contributed by atoms with Crippen molar-refractivity contribution in [2.45, 2.75) is 6.54 Å². The van der Waals surface area contributed by atoms with Crippen LogP contribution in [-0.2, 0) is 6.54 Å². The monoisotopic (exact) mass is 298 g/mol. The first-order chi connectivity index (χ1) is 9.08. The molecule has 0 aliphatic rings. The van der Waals surface area contributed by atoms with Gasteiger partial charge in [0.05, 0.1) is 28.5 Å². The van der Waals surface area contributed by atoms with Crippen molar-refractivity contribution in [3.05, 3.63) is 52.4 Å². The van der Waals surface area contributed by atoms with Gasteiger partial charge < -0.3 is 14.6 Å². The van der Waals surface area contributed by atoms with Crippen LogP contribution in [0.25, 0.3) is 0 Å². The summed E-state index contributed by atoms with van der Waals surface area (Å²) in [5.41, 5.74) is 0.477. The zero-order chi connectivity index (χ0) is 13.8. The number of rotatable bonds is 3. The Hall–Kier alpha value is -1.65. The van der Waals surface area contributed by atoms with Crippen LogP contribution in [0.2, 0.25) is 10.0 Å². The predicted molar refractivity (Wildman–Crippen MR) is 75.7 cm³/mol. The highest BCUT2D eigenvalue weighted by Gasteiger charge is 2.13. The number of halogens is 2. The number of amides is 2. The number of carbonyl (C=O) groups excluding carboxylic acids is 1. The summed E-state index contributed by atoms with van der Waals surface area (Å²) in [6.45, 7) is 0.372. The average Bonchev–Trinajstić information content (AvgIpc) is 2.87. The summed E-state index contributed by atoms with van der Waals surface area (Å²) >= 11 is 11.9. The highest BCUT2D eigenvalue weighted by Crippen LogP contribution is 2.29. The van der Waals surface area contributed by atoms with Crippen molar-refractivity contribution in [1.82, 2.24) is 4.90 Å². The molecule has 19 heavy (non-hydrogen) atoms. The number of urea groups is 1. The van der Waals surface area contributed by atoms with Crippen molar-refractivity contribution in [1.29, 1.82) is 0 Å². The zero-order valence-electron chi connectivity index (χ0n) is 10.2. The average molecular weight is 299 g/mol. The van der Waals surface area contributed by atoms with E-state index in [0.717, 1.165) is 0 Å². The highest BCUT2D eigenvalue weighted by molar-refractivity contribution is 6.43. The fraction of sp³-hybridized carbons (Fsp3) is 0.154. The van der Waals surface area contributed by atoms with E-state index in [-0.39, 0.29) is 6.03 Å². The molecule has 2 rings (SSSR count). The number of hydrogen-bond donors (Lipinski definition) is 1. The van der Waals surface area contributed by atoms with E-state index in [2.05, 4.69) is 5.32 Å².